The molecule has 0 aliphatic heterocycles. The van der Waals surface area contributed by atoms with Crippen molar-refractivity contribution in [2.24, 2.45) is 5.73 Å². The van der Waals surface area contributed by atoms with Crippen LogP contribution in [0.4, 0.5) is 5.69 Å². The average molecular weight is 265 g/mol. The van der Waals surface area contributed by atoms with Gasteiger partial charge in [0, 0.05) is 25.3 Å². The molecule has 0 amide bonds. The van der Waals surface area contributed by atoms with E-state index in [-0.39, 0.29) is 0 Å². The number of pyridine rings is 1. The molecule has 0 radical (unpaired) electrons. The van der Waals surface area contributed by atoms with Crippen molar-refractivity contribution in [3.05, 3.63) is 18.3 Å². The lowest BCUT2D eigenvalue weighted by Gasteiger charge is -2.28. The first-order valence-corrected chi connectivity index (χ1v) is 6.88. The maximum Gasteiger partial charge on any atom is 0.213 e. The Kier molecular flexibility index (Phi) is 5.42. The molecule has 5 heteroatoms. The molecular formula is C14H23N3O2. The van der Waals surface area contributed by atoms with Crippen LogP contribution in [0.15, 0.2) is 18.3 Å². The van der Waals surface area contributed by atoms with E-state index in [1.165, 1.54) is 12.8 Å². The van der Waals surface area contributed by atoms with Crippen molar-refractivity contribution >= 4 is 5.69 Å². The van der Waals surface area contributed by atoms with Gasteiger partial charge in [-0.05, 0) is 31.7 Å². The molecule has 0 saturated heterocycles. The number of nitrogens with one attached hydrogen (secondary N) is 1. The summed E-state index contributed by atoms with van der Waals surface area (Å²) in [6, 6.07) is 4.66. The summed E-state index contributed by atoms with van der Waals surface area (Å²) in [4.78, 5) is 4.26. The zero-order valence-electron chi connectivity index (χ0n) is 11.5. The fourth-order valence-electron chi connectivity index (χ4n) is 2.38. The molecular weight excluding hydrogens is 242 g/mol. The second-order valence-electron chi connectivity index (χ2n) is 4.99. The fraction of sp³-hybridized carbons (Fsp3) is 0.643. The zero-order chi connectivity index (χ0) is 13.5. The van der Waals surface area contributed by atoms with Crippen LogP contribution in [0.3, 0.4) is 0 Å². The monoisotopic (exact) mass is 265 g/mol. The quantitative estimate of drug-likeness (QED) is 0.767. The number of nitrogens with zero attached hydrogens (tertiary/aromatic N) is 1. The fourth-order valence-corrected chi connectivity index (χ4v) is 2.38. The first kappa shape index (κ1) is 14.1. The van der Waals surface area contributed by atoms with Crippen LogP contribution in [-0.2, 0) is 4.74 Å². The van der Waals surface area contributed by atoms with Gasteiger partial charge in [-0.15, -0.1) is 0 Å². The second kappa shape index (κ2) is 7.31. The molecule has 5 nitrogen and oxygen atoms in total. The lowest BCUT2D eigenvalue weighted by Crippen LogP contribution is -2.34. The Labute approximate surface area is 114 Å². The van der Waals surface area contributed by atoms with Crippen LogP contribution in [0.2, 0.25) is 0 Å². The second-order valence-corrected chi connectivity index (χ2v) is 4.99. The van der Waals surface area contributed by atoms with Crippen molar-refractivity contribution in [1.29, 1.82) is 0 Å². The molecule has 2 atom stereocenters. The highest BCUT2D eigenvalue weighted by Gasteiger charge is 2.18. The molecule has 1 saturated carbocycles. The van der Waals surface area contributed by atoms with E-state index in [2.05, 4.69) is 10.3 Å². The van der Waals surface area contributed by atoms with E-state index in [1.807, 2.05) is 18.3 Å². The van der Waals surface area contributed by atoms with Gasteiger partial charge >= 0.3 is 0 Å². The van der Waals surface area contributed by atoms with Crippen molar-refractivity contribution in [3.8, 4) is 5.88 Å². The number of methoxy groups -OCH3 is 1. The minimum Gasteiger partial charge on any atom is -0.475 e. The Hall–Kier alpha value is -1.33. The molecule has 1 fully saturated rings. The van der Waals surface area contributed by atoms with Gasteiger partial charge in [-0.2, -0.15) is 0 Å². The number of hydrogen-bond donors (Lipinski definition) is 2. The zero-order valence-corrected chi connectivity index (χ0v) is 11.5. The van der Waals surface area contributed by atoms with E-state index in [0.29, 0.717) is 31.2 Å². The molecule has 106 valence electrons. The van der Waals surface area contributed by atoms with Gasteiger partial charge in [0.2, 0.25) is 5.88 Å². The van der Waals surface area contributed by atoms with Crippen LogP contribution < -0.4 is 15.8 Å². The summed E-state index contributed by atoms with van der Waals surface area (Å²) >= 11 is 0. The van der Waals surface area contributed by atoms with E-state index in [4.69, 9.17) is 15.2 Å². The smallest absolute Gasteiger partial charge is 0.213 e. The molecule has 2 rings (SSSR count). The van der Waals surface area contributed by atoms with Crippen LogP contribution in [0, 0.1) is 0 Å². The number of ether oxygens (including phenoxy) is 2. The average Bonchev–Trinajstić information content (AvgIpc) is 2.41. The molecule has 2 unspecified atom stereocenters. The van der Waals surface area contributed by atoms with Crippen LogP contribution in [0.5, 0.6) is 5.88 Å². The van der Waals surface area contributed by atoms with Crippen molar-refractivity contribution in [1.82, 2.24) is 4.98 Å². The van der Waals surface area contributed by atoms with Gasteiger partial charge in [0.05, 0.1) is 18.5 Å². The van der Waals surface area contributed by atoms with Crippen molar-refractivity contribution in [2.75, 3.05) is 25.6 Å². The van der Waals surface area contributed by atoms with Gasteiger partial charge in [-0.3, -0.25) is 0 Å². The predicted octanol–water partition coefficient (Wildman–Crippen LogP) is 1.79. The standard InChI is InChI=1S/C14H23N3O2/c1-18-7-8-19-14-6-5-13(10-16-14)17-12-4-2-3-11(15)9-12/h5-6,10-12,17H,2-4,7-9,15H2,1H3. The van der Waals surface area contributed by atoms with Gasteiger partial charge in [-0.1, -0.05) is 0 Å². The maximum absolute atomic E-state index is 5.98. The Balaban J connectivity index is 1.81. The Bertz CT molecular complexity index is 369. The third-order valence-electron chi connectivity index (χ3n) is 3.36. The maximum atomic E-state index is 5.98. The van der Waals surface area contributed by atoms with E-state index < -0.39 is 0 Å². The third-order valence-corrected chi connectivity index (χ3v) is 3.36. The van der Waals surface area contributed by atoms with Crippen molar-refractivity contribution in [2.45, 2.75) is 37.8 Å². The predicted molar refractivity (Wildman–Crippen MR) is 75.5 cm³/mol. The Morgan fingerprint density at radius 2 is 2.26 bits per heavy atom. The molecule has 1 aromatic heterocycles. The molecule has 0 spiro atoms. The van der Waals surface area contributed by atoms with E-state index >= 15 is 0 Å². The normalized spacial score (nSPS) is 23.1. The van der Waals surface area contributed by atoms with Gasteiger partial charge in [0.15, 0.2) is 0 Å². The third kappa shape index (κ3) is 4.69. The number of anilines is 1. The molecule has 1 heterocycles. The number of aromatic nitrogens is 1. The summed E-state index contributed by atoms with van der Waals surface area (Å²) in [5.41, 5.74) is 7.01. The molecule has 19 heavy (non-hydrogen) atoms. The van der Waals surface area contributed by atoms with Gasteiger partial charge in [0.25, 0.3) is 0 Å². The van der Waals surface area contributed by atoms with Crippen LogP contribution in [-0.4, -0.2) is 37.4 Å². The van der Waals surface area contributed by atoms with Crippen LogP contribution in [0.25, 0.3) is 0 Å². The summed E-state index contributed by atoms with van der Waals surface area (Å²) in [6.07, 6.45) is 6.36. The molecule has 3 N–H and O–H groups in total. The number of nitrogens with two attached hydrogens (primary N) is 1. The largest absolute Gasteiger partial charge is 0.475 e. The minimum absolute atomic E-state index is 0.329. The van der Waals surface area contributed by atoms with Crippen LogP contribution in [0.1, 0.15) is 25.7 Å². The first-order chi connectivity index (χ1) is 9.28. The van der Waals surface area contributed by atoms with Crippen molar-refractivity contribution < 1.29 is 9.47 Å². The lowest BCUT2D eigenvalue weighted by molar-refractivity contribution is 0.144. The van der Waals surface area contributed by atoms with Crippen LogP contribution >= 0.6 is 0 Å². The molecule has 0 aromatic carbocycles. The number of hydrogen-bond acceptors (Lipinski definition) is 5. The highest BCUT2D eigenvalue weighted by molar-refractivity contribution is 5.43. The van der Waals surface area contributed by atoms with Gasteiger partial charge in [-0.25, -0.2) is 4.98 Å². The highest BCUT2D eigenvalue weighted by Crippen LogP contribution is 2.21. The van der Waals surface area contributed by atoms with E-state index in [1.54, 1.807) is 7.11 Å². The van der Waals surface area contributed by atoms with E-state index in [9.17, 15) is 0 Å². The Morgan fingerprint density at radius 1 is 1.37 bits per heavy atom. The molecule has 1 aromatic rings. The van der Waals surface area contributed by atoms with E-state index in [0.717, 1.165) is 18.5 Å². The Morgan fingerprint density at radius 3 is 2.95 bits per heavy atom. The van der Waals surface area contributed by atoms with Gasteiger partial charge in [0.1, 0.15) is 6.61 Å². The summed E-state index contributed by atoms with van der Waals surface area (Å²) in [5, 5.41) is 3.48. The highest BCUT2D eigenvalue weighted by atomic mass is 16.5. The summed E-state index contributed by atoms with van der Waals surface area (Å²) < 4.78 is 10.3. The SMILES string of the molecule is COCCOc1ccc(NC2CCCC(N)C2)cn1. The molecule has 1 aliphatic carbocycles. The first-order valence-electron chi connectivity index (χ1n) is 6.88. The minimum atomic E-state index is 0.329. The summed E-state index contributed by atoms with van der Waals surface area (Å²) in [6.45, 7) is 1.09. The lowest BCUT2D eigenvalue weighted by atomic mass is 9.91. The topological polar surface area (TPSA) is 69.4 Å². The molecule has 1 aliphatic rings. The van der Waals surface area contributed by atoms with Crippen molar-refractivity contribution in [3.63, 3.8) is 0 Å². The summed E-state index contributed by atoms with van der Waals surface area (Å²) in [7, 11) is 1.65. The molecule has 0 bridgehead atoms. The number of rotatable bonds is 6. The van der Waals surface area contributed by atoms with Gasteiger partial charge < -0.3 is 20.5 Å². The summed E-state index contributed by atoms with van der Waals surface area (Å²) in [5.74, 6) is 0.628.